The third-order valence-corrected chi connectivity index (χ3v) is 5.58. The highest BCUT2D eigenvalue weighted by Crippen LogP contribution is 2.42. The van der Waals surface area contributed by atoms with Gasteiger partial charge in [0.05, 0.1) is 25.4 Å². The molecule has 19 heavy (non-hydrogen) atoms. The van der Waals surface area contributed by atoms with E-state index in [1.54, 1.807) is 0 Å². The maximum absolute atomic E-state index is 9.85. The van der Waals surface area contributed by atoms with Gasteiger partial charge in [-0.3, -0.25) is 0 Å². The minimum atomic E-state index is -0.416. The van der Waals surface area contributed by atoms with Crippen LogP contribution in [0.4, 0.5) is 0 Å². The maximum Gasteiger partial charge on any atom is 0.0897 e. The van der Waals surface area contributed by atoms with E-state index in [2.05, 4.69) is 11.6 Å². The van der Waals surface area contributed by atoms with Crippen LogP contribution in [0.5, 0.6) is 0 Å². The fourth-order valence-electron chi connectivity index (χ4n) is 2.66. The maximum atomic E-state index is 9.85. The molecule has 2 fully saturated rings. The first-order valence-electron chi connectivity index (χ1n) is 7.37. The van der Waals surface area contributed by atoms with Crippen LogP contribution in [0.3, 0.4) is 0 Å². The van der Waals surface area contributed by atoms with Crippen LogP contribution in [0.2, 0.25) is 0 Å². The molecular weight excluding hydrogens is 262 g/mol. The number of aliphatic hydroxyl groups excluding tert-OH is 1. The molecule has 0 aromatic rings. The van der Waals surface area contributed by atoms with E-state index in [0.29, 0.717) is 24.5 Å². The summed E-state index contributed by atoms with van der Waals surface area (Å²) in [6, 6.07) is 0. The zero-order valence-corrected chi connectivity index (χ0v) is 12.7. The zero-order chi connectivity index (χ0) is 13.6. The molecule has 2 rings (SSSR count). The summed E-state index contributed by atoms with van der Waals surface area (Å²) in [5, 5.41) is 13.2. The quantitative estimate of drug-likeness (QED) is 0.672. The van der Waals surface area contributed by atoms with Crippen molar-refractivity contribution in [2.45, 2.75) is 49.1 Å². The molecule has 0 aromatic heterocycles. The van der Waals surface area contributed by atoms with Crippen molar-refractivity contribution in [3.8, 4) is 0 Å². The second-order valence-corrected chi connectivity index (χ2v) is 6.97. The Morgan fingerprint density at radius 2 is 2.32 bits per heavy atom. The molecule has 1 saturated carbocycles. The molecule has 112 valence electrons. The Labute approximate surface area is 120 Å². The third-order valence-electron chi connectivity index (χ3n) is 4.16. The molecule has 1 aliphatic carbocycles. The number of hydrogen-bond donors (Lipinski definition) is 2. The largest absolute Gasteiger partial charge is 0.389 e. The first-order chi connectivity index (χ1) is 9.24. The lowest BCUT2D eigenvalue weighted by molar-refractivity contribution is -0.0165. The van der Waals surface area contributed by atoms with Gasteiger partial charge in [0.15, 0.2) is 0 Å². The van der Waals surface area contributed by atoms with Crippen LogP contribution >= 0.6 is 11.8 Å². The van der Waals surface area contributed by atoms with Crippen molar-refractivity contribution in [2.24, 2.45) is 0 Å². The molecule has 5 heteroatoms. The summed E-state index contributed by atoms with van der Waals surface area (Å²) < 4.78 is 11.4. The van der Waals surface area contributed by atoms with E-state index in [1.165, 1.54) is 19.3 Å². The summed E-state index contributed by atoms with van der Waals surface area (Å²) >= 11 is 1.95. The van der Waals surface area contributed by atoms with Crippen molar-refractivity contribution in [1.29, 1.82) is 0 Å². The SMILES string of the molecule is CSC1(CNCC(O)COCC2CCCO2)CCC1. The Bertz CT molecular complexity index is 250. The van der Waals surface area contributed by atoms with Crippen molar-refractivity contribution in [2.75, 3.05) is 39.2 Å². The van der Waals surface area contributed by atoms with Gasteiger partial charge in [-0.2, -0.15) is 11.8 Å². The van der Waals surface area contributed by atoms with Gasteiger partial charge in [-0.25, -0.2) is 0 Å². The first-order valence-corrected chi connectivity index (χ1v) is 8.60. The standard InChI is InChI=1S/C14H27NO3S/c1-19-14(5-3-6-14)11-15-8-12(16)9-17-10-13-4-2-7-18-13/h12-13,15-16H,2-11H2,1H3. The monoisotopic (exact) mass is 289 g/mol. The summed E-state index contributed by atoms with van der Waals surface area (Å²) in [5.41, 5.74) is 0. The van der Waals surface area contributed by atoms with Crippen molar-refractivity contribution < 1.29 is 14.6 Å². The van der Waals surface area contributed by atoms with Gasteiger partial charge in [0.25, 0.3) is 0 Å². The average molecular weight is 289 g/mol. The molecule has 0 spiro atoms. The van der Waals surface area contributed by atoms with Crippen LogP contribution in [0, 0.1) is 0 Å². The number of thioether (sulfide) groups is 1. The zero-order valence-electron chi connectivity index (χ0n) is 11.9. The Hall–Kier alpha value is 0.190. The molecule has 1 aliphatic heterocycles. The fourth-order valence-corrected chi connectivity index (χ4v) is 3.60. The van der Waals surface area contributed by atoms with Gasteiger partial charge in [0.2, 0.25) is 0 Å². The van der Waals surface area contributed by atoms with E-state index in [9.17, 15) is 5.11 Å². The lowest BCUT2D eigenvalue weighted by Crippen LogP contribution is -2.45. The second kappa shape index (κ2) is 7.84. The van der Waals surface area contributed by atoms with Crippen molar-refractivity contribution >= 4 is 11.8 Å². The summed E-state index contributed by atoms with van der Waals surface area (Å²) in [5.74, 6) is 0. The molecule has 2 atom stereocenters. The van der Waals surface area contributed by atoms with E-state index in [-0.39, 0.29) is 6.10 Å². The summed E-state index contributed by atoms with van der Waals surface area (Å²) in [7, 11) is 0. The molecule has 0 aromatic carbocycles. The van der Waals surface area contributed by atoms with Gasteiger partial charge in [0.1, 0.15) is 0 Å². The molecule has 0 amide bonds. The fraction of sp³-hybridized carbons (Fsp3) is 1.00. The van der Waals surface area contributed by atoms with Crippen LogP contribution in [-0.2, 0) is 9.47 Å². The van der Waals surface area contributed by atoms with Crippen LogP contribution in [0.1, 0.15) is 32.1 Å². The highest BCUT2D eigenvalue weighted by molar-refractivity contribution is 8.00. The molecule has 4 nitrogen and oxygen atoms in total. The van der Waals surface area contributed by atoms with Gasteiger partial charge in [-0.15, -0.1) is 0 Å². The second-order valence-electron chi connectivity index (χ2n) is 5.70. The van der Waals surface area contributed by atoms with Crippen LogP contribution in [-0.4, -0.2) is 61.2 Å². The Kier molecular flexibility index (Phi) is 6.42. The number of rotatable bonds is 9. The molecule has 0 bridgehead atoms. The van der Waals surface area contributed by atoms with Gasteiger partial charge >= 0.3 is 0 Å². The lowest BCUT2D eigenvalue weighted by atomic mass is 9.84. The number of nitrogens with one attached hydrogen (secondary N) is 1. The van der Waals surface area contributed by atoms with Crippen molar-refractivity contribution in [3.63, 3.8) is 0 Å². The van der Waals surface area contributed by atoms with E-state index in [1.807, 2.05) is 11.8 Å². The Morgan fingerprint density at radius 1 is 1.47 bits per heavy atom. The number of ether oxygens (including phenoxy) is 2. The Morgan fingerprint density at radius 3 is 2.89 bits per heavy atom. The molecule has 2 aliphatic rings. The molecule has 1 saturated heterocycles. The highest BCUT2D eigenvalue weighted by atomic mass is 32.2. The summed E-state index contributed by atoms with van der Waals surface area (Å²) in [4.78, 5) is 0. The van der Waals surface area contributed by atoms with Crippen LogP contribution in [0.25, 0.3) is 0 Å². The molecule has 0 radical (unpaired) electrons. The molecule has 2 unspecified atom stereocenters. The molecule has 2 N–H and O–H groups in total. The summed E-state index contributed by atoms with van der Waals surface area (Å²) in [6.45, 7) is 3.49. The van der Waals surface area contributed by atoms with Crippen molar-refractivity contribution in [1.82, 2.24) is 5.32 Å². The minimum absolute atomic E-state index is 0.245. The lowest BCUT2D eigenvalue weighted by Gasteiger charge is -2.40. The normalized spacial score (nSPS) is 27.2. The smallest absolute Gasteiger partial charge is 0.0897 e. The first kappa shape index (κ1) is 15.6. The van der Waals surface area contributed by atoms with Gasteiger partial charge in [-0.1, -0.05) is 6.42 Å². The number of hydrogen-bond acceptors (Lipinski definition) is 5. The van der Waals surface area contributed by atoms with E-state index in [4.69, 9.17) is 9.47 Å². The van der Waals surface area contributed by atoms with Crippen LogP contribution < -0.4 is 5.32 Å². The predicted molar refractivity (Wildman–Crippen MR) is 78.8 cm³/mol. The topological polar surface area (TPSA) is 50.7 Å². The Balaban J connectivity index is 1.48. The van der Waals surface area contributed by atoms with Gasteiger partial charge < -0.3 is 19.9 Å². The van der Waals surface area contributed by atoms with Gasteiger partial charge in [-0.05, 0) is 31.9 Å². The van der Waals surface area contributed by atoms with E-state index in [0.717, 1.165) is 26.0 Å². The molecular formula is C14H27NO3S. The van der Waals surface area contributed by atoms with E-state index < -0.39 is 6.10 Å². The van der Waals surface area contributed by atoms with Crippen LogP contribution in [0.15, 0.2) is 0 Å². The predicted octanol–water partition coefficient (Wildman–Crippen LogP) is 1.42. The minimum Gasteiger partial charge on any atom is -0.389 e. The van der Waals surface area contributed by atoms with E-state index >= 15 is 0 Å². The summed E-state index contributed by atoms with van der Waals surface area (Å²) in [6.07, 6.45) is 8.17. The highest BCUT2D eigenvalue weighted by Gasteiger charge is 2.35. The number of aliphatic hydroxyl groups is 1. The van der Waals surface area contributed by atoms with Crippen molar-refractivity contribution in [3.05, 3.63) is 0 Å². The van der Waals surface area contributed by atoms with Gasteiger partial charge in [0, 0.05) is 24.4 Å². The third kappa shape index (κ3) is 4.90. The molecule has 1 heterocycles. The average Bonchev–Trinajstić information content (AvgIpc) is 2.86.